The monoisotopic (exact) mass is 294 g/mol. The van der Waals surface area contributed by atoms with Crippen molar-refractivity contribution in [1.29, 1.82) is 0 Å². The fourth-order valence-electron chi connectivity index (χ4n) is 2.00. The zero-order valence-corrected chi connectivity index (χ0v) is 12.4. The van der Waals surface area contributed by atoms with Crippen LogP contribution in [0.25, 0.3) is 0 Å². The maximum atomic E-state index is 12.0. The van der Waals surface area contributed by atoms with E-state index in [0.29, 0.717) is 17.8 Å². The van der Waals surface area contributed by atoms with Crippen LogP contribution in [0.2, 0.25) is 0 Å². The molecule has 0 aliphatic carbocycles. The number of ketones is 1. The van der Waals surface area contributed by atoms with Crippen LogP contribution in [-0.4, -0.2) is 11.7 Å². The third kappa shape index (κ3) is 4.59. The summed E-state index contributed by atoms with van der Waals surface area (Å²) in [5.74, 6) is 0.305. The van der Waals surface area contributed by atoms with E-state index >= 15 is 0 Å². The Morgan fingerprint density at radius 2 is 1.64 bits per heavy atom. The lowest BCUT2D eigenvalue weighted by molar-refractivity contribution is -0.116. The second kappa shape index (κ2) is 7.22. The van der Waals surface area contributed by atoms with E-state index in [-0.39, 0.29) is 11.7 Å². The molecule has 0 aliphatic heterocycles. The number of rotatable bonds is 6. The van der Waals surface area contributed by atoms with Crippen molar-refractivity contribution in [2.75, 3.05) is 5.32 Å². The molecule has 1 amide bonds. The van der Waals surface area contributed by atoms with Crippen molar-refractivity contribution in [2.45, 2.75) is 13.3 Å². The molecule has 0 unspecified atom stereocenters. The van der Waals surface area contributed by atoms with Crippen LogP contribution in [0, 0.1) is 0 Å². The number of anilines is 1. The minimum absolute atomic E-state index is 0.125. The average molecular weight is 294 g/mol. The standard InChI is InChI=1S/C18H18N2O2/c1-13(21)12-15-8-10-17(11-9-15)19-14(2)20-18(22)16-6-4-3-5-7-16/h3-11,19H,2,12H2,1H3,(H,20,22). The summed E-state index contributed by atoms with van der Waals surface area (Å²) in [6, 6.07) is 16.4. The molecule has 0 spiro atoms. The lowest BCUT2D eigenvalue weighted by Gasteiger charge is -2.11. The fraction of sp³-hybridized carbons (Fsp3) is 0.111. The number of nitrogens with one attached hydrogen (secondary N) is 2. The van der Waals surface area contributed by atoms with E-state index in [1.54, 1.807) is 31.2 Å². The van der Waals surface area contributed by atoms with Crippen molar-refractivity contribution in [3.63, 3.8) is 0 Å². The molecule has 2 rings (SSSR count). The summed E-state index contributed by atoms with van der Waals surface area (Å²) < 4.78 is 0. The summed E-state index contributed by atoms with van der Waals surface area (Å²) in [5.41, 5.74) is 2.32. The molecule has 2 aromatic carbocycles. The molecule has 112 valence electrons. The van der Waals surface area contributed by atoms with E-state index in [2.05, 4.69) is 17.2 Å². The third-order valence-electron chi connectivity index (χ3n) is 3.00. The van der Waals surface area contributed by atoms with Gasteiger partial charge in [0, 0.05) is 17.7 Å². The molecule has 0 atom stereocenters. The Labute approximate surface area is 129 Å². The topological polar surface area (TPSA) is 58.2 Å². The first-order chi connectivity index (χ1) is 10.5. The van der Waals surface area contributed by atoms with E-state index in [1.165, 1.54) is 0 Å². The first kappa shape index (κ1) is 15.5. The van der Waals surface area contributed by atoms with Crippen LogP contribution in [-0.2, 0) is 11.2 Å². The summed E-state index contributed by atoms with van der Waals surface area (Å²) >= 11 is 0. The maximum Gasteiger partial charge on any atom is 0.256 e. The molecule has 0 aliphatic rings. The Kier molecular flexibility index (Phi) is 5.09. The zero-order chi connectivity index (χ0) is 15.9. The van der Waals surface area contributed by atoms with Crippen molar-refractivity contribution < 1.29 is 9.59 Å². The van der Waals surface area contributed by atoms with Crippen molar-refractivity contribution >= 4 is 17.4 Å². The normalized spacial score (nSPS) is 9.86. The summed E-state index contributed by atoms with van der Waals surface area (Å²) in [6.07, 6.45) is 0.423. The molecule has 0 saturated heterocycles. The van der Waals surface area contributed by atoms with Crippen LogP contribution in [0.5, 0.6) is 0 Å². The number of hydrogen-bond donors (Lipinski definition) is 2. The molecule has 0 saturated carbocycles. The van der Waals surface area contributed by atoms with Gasteiger partial charge in [-0.1, -0.05) is 36.9 Å². The van der Waals surface area contributed by atoms with E-state index < -0.39 is 0 Å². The van der Waals surface area contributed by atoms with E-state index in [1.807, 2.05) is 30.3 Å². The van der Waals surface area contributed by atoms with Gasteiger partial charge in [0.25, 0.3) is 5.91 Å². The summed E-state index contributed by atoms with van der Waals surface area (Å²) in [5, 5.41) is 5.70. The molecule has 4 nitrogen and oxygen atoms in total. The number of Topliss-reactive ketones (excluding diaryl/α,β-unsaturated/α-hetero) is 1. The van der Waals surface area contributed by atoms with Crippen molar-refractivity contribution in [1.82, 2.24) is 5.32 Å². The maximum absolute atomic E-state index is 12.0. The Bertz CT molecular complexity index is 676. The van der Waals surface area contributed by atoms with Gasteiger partial charge in [-0.15, -0.1) is 0 Å². The van der Waals surface area contributed by atoms with E-state index in [4.69, 9.17) is 0 Å². The molecule has 2 aromatic rings. The van der Waals surface area contributed by atoms with Gasteiger partial charge in [0.15, 0.2) is 0 Å². The summed E-state index contributed by atoms with van der Waals surface area (Å²) in [6.45, 7) is 5.35. The minimum atomic E-state index is -0.216. The van der Waals surface area contributed by atoms with Gasteiger partial charge in [-0.25, -0.2) is 0 Å². The number of amides is 1. The van der Waals surface area contributed by atoms with Crippen LogP contribution in [0.15, 0.2) is 67.0 Å². The van der Waals surface area contributed by atoms with Gasteiger partial charge in [-0.05, 0) is 36.8 Å². The molecular weight excluding hydrogens is 276 g/mol. The first-order valence-electron chi connectivity index (χ1n) is 6.95. The number of hydrogen-bond acceptors (Lipinski definition) is 3. The fourth-order valence-corrected chi connectivity index (χ4v) is 2.00. The Balaban J connectivity index is 1.92. The highest BCUT2D eigenvalue weighted by molar-refractivity contribution is 5.95. The Hall–Kier alpha value is -2.88. The molecule has 4 heteroatoms. The van der Waals surface area contributed by atoms with Crippen LogP contribution < -0.4 is 10.6 Å². The van der Waals surface area contributed by atoms with Gasteiger partial charge in [-0.3, -0.25) is 9.59 Å². The summed E-state index contributed by atoms with van der Waals surface area (Å²) in [7, 11) is 0. The number of carbonyl (C=O) groups excluding carboxylic acids is 2. The first-order valence-corrected chi connectivity index (χ1v) is 6.95. The largest absolute Gasteiger partial charge is 0.342 e. The van der Waals surface area contributed by atoms with E-state index in [9.17, 15) is 9.59 Å². The van der Waals surface area contributed by atoms with Crippen molar-refractivity contribution in [2.24, 2.45) is 0 Å². The number of benzene rings is 2. The molecule has 0 bridgehead atoms. The molecule has 0 fully saturated rings. The second-order valence-corrected chi connectivity index (χ2v) is 5.00. The smallest absolute Gasteiger partial charge is 0.256 e. The highest BCUT2D eigenvalue weighted by Gasteiger charge is 2.06. The van der Waals surface area contributed by atoms with Crippen LogP contribution in [0.1, 0.15) is 22.8 Å². The number of carbonyl (C=O) groups is 2. The SMILES string of the molecule is C=C(NC(=O)c1ccccc1)Nc1ccc(CC(C)=O)cc1. The summed E-state index contributed by atoms with van der Waals surface area (Å²) in [4.78, 5) is 23.0. The van der Waals surface area contributed by atoms with Gasteiger partial charge in [0.1, 0.15) is 11.6 Å². The van der Waals surface area contributed by atoms with Gasteiger partial charge >= 0.3 is 0 Å². The Morgan fingerprint density at radius 3 is 2.23 bits per heavy atom. The van der Waals surface area contributed by atoms with Gasteiger partial charge in [0.05, 0.1) is 0 Å². The van der Waals surface area contributed by atoms with E-state index in [0.717, 1.165) is 11.3 Å². The van der Waals surface area contributed by atoms with Crippen LogP contribution in [0.3, 0.4) is 0 Å². The molecule has 0 radical (unpaired) electrons. The second-order valence-electron chi connectivity index (χ2n) is 5.00. The predicted octanol–water partition coefficient (Wildman–Crippen LogP) is 3.13. The van der Waals surface area contributed by atoms with Crippen molar-refractivity contribution in [3.8, 4) is 0 Å². The quantitative estimate of drug-likeness (QED) is 0.860. The lowest BCUT2D eigenvalue weighted by atomic mass is 10.1. The zero-order valence-electron chi connectivity index (χ0n) is 12.4. The van der Waals surface area contributed by atoms with Gasteiger partial charge in [-0.2, -0.15) is 0 Å². The predicted molar refractivity (Wildman–Crippen MR) is 87.5 cm³/mol. The van der Waals surface area contributed by atoms with Gasteiger partial charge in [0.2, 0.25) is 0 Å². The molecule has 0 aromatic heterocycles. The highest BCUT2D eigenvalue weighted by Crippen LogP contribution is 2.12. The highest BCUT2D eigenvalue weighted by atomic mass is 16.1. The molecular formula is C18H18N2O2. The third-order valence-corrected chi connectivity index (χ3v) is 3.00. The lowest BCUT2D eigenvalue weighted by Crippen LogP contribution is -2.26. The molecule has 0 heterocycles. The minimum Gasteiger partial charge on any atom is -0.342 e. The molecule has 22 heavy (non-hydrogen) atoms. The molecule has 2 N–H and O–H groups in total. The van der Waals surface area contributed by atoms with Crippen LogP contribution in [0.4, 0.5) is 5.69 Å². The Morgan fingerprint density at radius 1 is 1.00 bits per heavy atom. The van der Waals surface area contributed by atoms with Gasteiger partial charge < -0.3 is 10.6 Å². The average Bonchev–Trinajstić information content (AvgIpc) is 2.49. The van der Waals surface area contributed by atoms with Crippen LogP contribution >= 0.6 is 0 Å². The van der Waals surface area contributed by atoms with Crippen molar-refractivity contribution in [3.05, 3.63) is 78.1 Å².